The molecule has 1 aromatic carbocycles. The molecule has 1 heteroatoms. The Morgan fingerprint density at radius 1 is 0.850 bits per heavy atom. The Balaban J connectivity index is 1.58. The van der Waals surface area contributed by atoms with Crippen LogP contribution < -0.4 is 0 Å². The SMILES string of the molecule is O=C(CC1CCCCCC1)c1ccc(C2CCC2)cc1. The summed E-state index contributed by atoms with van der Waals surface area (Å²) in [6, 6.07) is 8.49. The van der Waals surface area contributed by atoms with Gasteiger partial charge in [0.15, 0.2) is 5.78 Å². The summed E-state index contributed by atoms with van der Waals surface area (Å²) >= 11 is 0. The van der Waals surface area contributed by atoms with Crippen LogP contribution in [0.2, 0.25) is 0 Å². The third-order valence-electron chi connectivity index (χ3n) is 5.26. The highest BCUT2D eigenvalue weighted by molar-refractivity contribution is 5.96. The maximum absolute atomic E-state index is 12.4. The predicted molar refractivity (Wildman–Crippen MR) is 83.2 cm³/mol. The molecular formula is C19H26O. The van der Waals surface area contributed by atoms with Gasteiger partial charge >= 0.3 is 0 Å². The lowest BCUT2D eigenvalue weighted by Gasteiger charge is -2.25. The average Bonchev–Trinajstić information content (AvgIpc) is 2.66. The third kappa shape index (κ3) is 3.31. The van der Waals surface area contributed by atoms with Crippen molar-refractivity contribution >= 4 is 5.78 Å². The molecule has 0 amide bonds. The molecule has 0 heterocycles. The van der Waals surface area contributed by atoms with Gasteiger partial charge in [0.25, 0.3) is 0 Å². The third-order valence-corrected chi connectivity index (χ3v) is 5.26. The van der Waals surface area contributed by atoms with Crippen LogP contribution in [0, 0.1) is 5.92 Å². The van der Waals surface area contributed by atoms with Gasteiger partial charge in [-0.15, -0.1) is 0 Å². The maximum Gasteiger partial charge on any atom is 0.163 e. The van der Waals surface area contributed by atoms with Gasteiger partial charge in [-0.05, 0) is 30.2 Å². The van der Waals surface area contributed by atoms with Crippen LogP contribution in [0.1, 0.15) is 86.0 Å². The Morgan fingerprint density at radius 2 is 1.50 bits per heavy atom. The molecule has 2 fully saturated rings. The lowest BCUT2D eigenvalue weighted by Crippen LogP contribution is -2.10. The first-order chi connectivity index (χ1) is 9.83. The molecule has 0 aliphatic heterocycles. The molecule has 2 aliphatic carbocycles. The molecule has 0 aromatic heterocycles. The quantitative estimate of drug-likeness (QED) is 0.521. The van der Waals surface area contributed by atoms with Gasteiger partial charge < -0.3 is 0 Å². The molecule has 20 heavy (non-hydrogen) atoms. The van der Waals surface area contributed by atoms with Gasteiger partial charge in [-0.25, -0.2) is 0 Å². The monoisotopic (exact) mass is 270 g/mol. The summed E-state index contributed by atoms with van der Waals surface area (Å²) in [7, 11) is 0. The number of carbonyl (C=O) groups excluding carboxylic acids is 1. The molecular weight excluding hydrogens is 244 g/mol. The van der Waals surface area contributed by atoms with E-state index in [4.69, 9.17) is 0 Å². The number of rotatable bonds is 4. The van der Waals surface area contributed by atoms with Crippen molar-refractivity contribution in [1.82, 2.24) is 0 Å². The minimum absolute atomic E-state index is 0.358. The topological polar surface area (TPSA) is 17.1 Å². The van der Waals surface area contributed by atoms with Crippen molar-refractivity contribution in [2.24, 2.45) is 5.92 Å². The zero-order valence-electron chi connectivity index (χ0n) is 12.4. The molecule has 2 aliphatic rings. The highest BCUT2D eigenvalue weighted by Crippen LogP contribution is 2.36. The van der Waals surface area contributed by atoms with Crippen LogP contribution in [0.4, 0.5) is 0 Å². The molecule has 0 radical (unpaired) electrons. The van der Waals surface area contributed by atoms with Crippen LogP contribution in [0.15, 0.2) is 24.3 Å². The second kappa shape index (κ2) is 6.56. The zero-order valence-corrected chi connectivity index (χ0v) is 12.4. The van der Waals surface area contributed by atoms with E-state index in [1.165, 1.54) is 63.4 Å². The Bertz CT molecular complexity index is 433. The summed E-state index contributed by atoms with van der Waals surface area (Å²) in [5.74, 6) is 1.76. The average molecular weight is 270 g/mol. The standard InChI is InChI=1S/C19H26O/c20-19(14-15-6-3-1-2-4-7-15)18-12-10-17(11-13-18)16-8-5-9-16/h10-13,15-16H,1-9,14H2. The van der Waals surface area contributed by atoms with Crippen LogP contribution in [-0.4, -0.2) is 5.78 Å². The van der Waals surface area contributed by atoms with Crippen LogP contribution in [-0.2, 0) is 0 Å². The lowest BCUT2D eigenvalue weighted by atomic mass is 9.80. The fraction of sp³-hybridized carbons (Fsp3) is 0.632. The summed E-state index contributed by atoms with van der Waals surface area (Å²) in [6.07, 6.45) is 12.7. The lowest BCUT2D eigenvalue weighted by molar-refractivity contribution is 0.0957. The number of carbonyl (C=O) groups is 1. The van der Waals surface area contributed by atoms with Crippen LogP contribution in [0.5, 0.6) is 0 Å². The number of Topliss-reactive ketones (excluding diaryl/α,β-unsaturated/α-hetero) is 1. The van der Waals surface area contributed by atoms with Gasteiger partial charge in [0.05, 0.1) is 0 Å². The van der Waals surface area contributed by atoms with E-state index >= 15 is 0 Å². The Kier molecular flexibility index (Phi) is 4.54. The predicted octanol–water partition coefficient (Wildman–Crippen LogP) is 5.50. The van der Waals surface area contributed by atoms with E-state index in [0.29, 0.717) is 11.7 Å². The molecule has 3 rings (SSSR count). The number of benzene rings is 1. The van der Waals surface area contributed by atoms with Crippen molar-refractivity contribution in [2.75, 3.05) is 0 Å². The Hall–Kier alpha value is -1.11. The van der Waals surface area contributed by atoms with E-state index in [0.717, 1.165) is 17.9 Å². The fourth-order valence-electron chi connectivity index (χ4n) is 3.63. The van der Waals surface area contributed by atoms with E-state index in [9.17, 15) is 4.79 Å². The summed E-state index contributed by atoms with van der Waals surface area (Å²) in [6.45, 7) is 0. The first kappa shape index (κ1) is 13.9. The first-order valence-corrected chi connectivity index (χ1v) is 8.46. The molecule has 1 nitrogen and oxygen atoms in total. The van der Waals surface area contributed by atoms with Gasteiger partial charge in [-0.2, -0.15) is 0 Å². The van der Waals surface area contributed by atoms with Crippen molar-refractivity contribution < 1.29 is 4.79 Å². The van der Waals surface area contributed by atoms with Gasteiger partial charge in [0.1, 0.15) is 0 Å². The van der Waals surface area contributed by atoms with E-state index < -0.39 is 0 Å². The zero-order chi connectivity index (χ0) is 13.8. The highest BCUT2D eigenvalue weighted by Gasteiger charge is 2.20. The first-order valence-electron chi connectivity index (χ1n) is 8.46. The molecule has 2 saturated carbocycles. The molecule has 1 aromatic rings. The van der Waals surface area contributed by atoms with Crippen LogP contribution in [0.3, 0.4) is 0 Å². The molecule has 0 unspecified atom stereocenters. The van der Waals surface area contributed by atoms with Crippen LogP contribution in [0.25, 0.3) is 0 Å². The second-order valence-corrected chi connectivity index (χ2v) is 6.73. The van der Waals surface area contributed by atoms with Gasteiger partial charge in [0.2, 0.25) is 0 Å². The fourth-order valence-corrected chi connectivity index (χ4v) is 3.63. The largest absolute Gasteiger partial charge is 0.294 e. The van der Waals surface area contributed by atoms with Gasteiger partial charge in [0, 0.05) is 12.0 Å². The number of hydrogen-bond donors (Lipinski definition) is 0. The van der Waals surface area contributed by atoms with Crippen molar-refractivity contribution in [2.45, 2.75) is 70.1 Å². The number of ketones is 1. The summed E-state index contributed by atoms with van der Waals surface area (Å²) < 4.78 is 0. The number of hydrogen-bond acceptors (Lipinski definition) is 1. The van der Waals surface area contributed by atoms with Crippen molar-refractivity contribution in [3.63, 3.8) is 0 Å². The van der Waals surface area contributed by atoms with E-state index in [2.05, 4.69) is 24.3 Å². The molecule has 0 bridgehead atoms. The summed E-state index contributed by atoms with van der Waals surface area (Å²) in [4.78, 5) is 12.4. The molecule has 0 atom stereocenters. The molecule has 0 spiro atoms. The molecule has 0 saturated heterocycles. The molecule has 0 N–H and O–H groups in total. The summed E-state index contributed by atoms with van der Waals surface area (Å²) in [5.41, 5.74) is 2.36. The van der Waals surface area contributed by atoms with Crippen molar-refractivity contribution in [3.05, 3.63) is 35.4 Å². The minimum Gasteiger partial charge on any atom is -0.294 e. The minimum atomic E-state index is 0.358. The smallest absolute Gasteiger partial charge is 0.163 e. The second-order valence-electron chi connectivity index (χ2n) is 6.73. The normalized spacial score (nSPS) is 21.2. The maximum atomic E-state index is 12.4. The van der Waals surface area contributed by atoms with Gasteiger partial charge in [-0.1, -0.05) is 69.2 Å². The van der Waals surface area contributed by atoms with Crippen molar-refractivity contribution in [1.29, 1.82) is 0 Å². The van der Waals surface area contributed by atoms with Crippen molar-refractivity contribution in [3.8, 4) is 0 Å². The summed E-state index contributed by atoms with van der Waals surface area (Å²) in [5, 5.41) is 0. The van der Waals surface area contributed by atoms with E-state index in [1.54, 1.807) is 0 Å². The van der Waals surface area contributed by atoms with E-state index in [-0.39, 0.29) is 0 Å². The molecule has 108 valence electrons. The van der Waals surface area contributed by atoms with Gasteiger partial charge in [-0.3, -0.25) is 4.79 Å². The Labute approximate surface area is 122 Å². The highest BCUT2D eigenvalue weighted by atomic mass is 16.1. The van der Waals surface area contributed by atoms with Crippen LogP contribution >= 0.6 is 0 Å². The van der Waals surface area contributed by atoms with E-state index in [1.807, 2.05) is 0 Å². The Morgan fingerprint density at radius 3 is 2.05 bits per heavy atom.